The van der Waals surface area contributed by atoms with Crippen molar-refractivity contribution in [2.75, 3.05) is 36.4 Å². The van der Waals surface area contributed by atoms with Gasteiger partial charge in [-0.15, -0.1) is 0 Å². The van der Waals surface area contributed by atoms with E-state index in [2.05, 4.69) is 42.7 Å². The fraction of sp³-hybridized carbons (Fsp3) is 0.407. The van der Waals surface area contributed by atoms with Crippen molar-refractivity contribution in [2.45, 2.75) is 44.8 Å². The van der Waals surface area contributed by atoms with Crippen molar-refractivity contribution >= 4 is 35.3 Å². The van der Waals surface area contributed by atoms with Gasteiger partial charge in [-0.05, 0) is 43.0 Å². The lowest BCUT2D eigenvalue weighted by Gasteiger charge is -2.34. The van der Waals surface area contributed by atoms with Crippen molar-refractivity contribution in [3.8, 4) is 0 Å². The number of carbonyl (C=O) groups excluding carboxylic acids is 2. The van der Waals surface area contributed by atoms with Crippen LogP contribution in [0.5, 0.6) is 0 Å². The fourth-order valence-corrected chi connectivity index (χ4v) is 4.06. The van der Waals surface area contributed by atoms with Crippen molar-refractivity contribution < 1.29 is 24.2 Å². The quantitative estimate of drug-likeness (QED) is 0.353. The SMILES string of the molecule is NC(=O)OCc1ccccc1.O=C(O)CCC(=O)NC1CCN(c2cccc(NC3=NCCCN3)c2)CC1. The van der Waals surface area contributed by atoms with Crippen LogP contribution in [0.4, 0.5) is 16.2 Å². The molecule has 0 saturated carbocycles. The Morgan fingerprint density at radius 1 is 1.08 bits per heavy atom. The molecule has 1 saturated heterocycles. The third-order valence-electron chi connectivity index (χ3n) is 6.02. The molecule has 2 heterocycles. The van der Waals surface area contributed by atoms with Gasteiger partial charge >= 0.3 is 12.1 Å². The smallest absolute Gasteiger partial charge is 0.404 e. The minimum absolute atomic E-state index is 0.0428. The first kappa shape index (κ1) is 28.3. The van der Waals surface area contributed by atoms with Crippen LogP contribution in [0.2, 0.25) is 0 Å². The maximum absolute atomic E-state index is 11.8. The van der Waals surface area contributed by atoms with Gasteiger partial charge in [0.15, 0.2) is 5.96 Å². The topological polar surface area (TPSA) is 158 Å². The Balaban J connectivity index is 0.000000304. The van der Waals surface area contributed by atoms with Crippen molar-refractivity contribution in [1.29, 1.82) is 0 Å². The van der Waals surface area contributed by atoms with Crippen LogP contribution in [-0.2, 0) is 20.9 Å². The van der Waals surface area contributed by atoms with Crippen LogP contribution >= 0.6 is 0 Å². The van der Waals surface area contributed by atoms with E-state index in [0.29, 0.717) is 0 Å². The molecule has 4 rings (SSSR count). The molecule has 2 aliphatic rings. The number of ether oxygens (including phenoxy) is 1. The van der Waals surface area contributed by atoms with Crippen LogP contribution in [0.25, 0.3) is 0 Å². The zero-order valence-electron chi connectivity index (χ0n) is 21.4. The summed E-state index contributed by atoms with van der Waals surface area (Å²) in [7, 11) is 0. The number of aliphatic carboxylic acids is 1. The lowest BCUT2D eigenvalue weighted by atomic mass is 10.0. The first-order valence-corrected chi connectivity index (χ1v) is 12.8. The van der Waals surface area contributed by atoms with E-state index < -0.39 is 12.1 Å². The summed E-state index contributed by atoms with van der Waals surface area (Å²) in [6.07, 6.45) is 1.95. The Bertz CT molecular complexity index is 1090. The average Bonchev–Trinajstić information content (AvgIpc) is 2.93. The van der Waals surface area contributed by atoms with Crippen LogP contribution in [0.15, 0.2) is 59.6 Å². The van der Waals surface area contributed by atoms with Crippen LogP contribution in [0.3, 0.4) is 0 Å². The minimum Gasteiger partial charge on any atom is -0.481 e. The molecule has 11 nitrogen and oxygen atoms in total. The molecule has 0 radical (unpaired) electrons. The number of nitrogens with one attached hydrogen (secondary N) is 3. The van der Waals surface area contributed by atoms with E-state index in [0.717, 1.165) is 68.3 Å². The number of rotatable bonds is 8. The number of hydrogen-bond acceptors (Lipinski definition) is 8. The van der Waals surface area contributed by atoms with Gasteiger partial charge in [-0.25, -0.2) is 4.79 Å². The number of guanidine groups is 1. The van der Waals surface area contributed by atoms with E-state index in [9.17, 15) is 14.4 Å². The molecule has 2 aromatic rings. The second kappa shape index (κ2) is 15.1. The number of carboxylic acid groups (broad SMARTS) is 1. The molecule has 0 bridgehead atoms. The predicted molar refractivity (Wildman–Crippen MR) is 146 cm³/mol. The van der Waals surface area contributed by atoms with E-state index in [1.807, 2.05) is 42.5 Å². The van der Waals surface area contributed by atoms with Crippen molar-refractivity contribution in [1.82, 2.24) is 10.6 Å². The third kappa shape index (κ3) is 10.4. The molecule has 2 amide bonds. The summed E-state index contributed by atoms with van der Waals surface area (Å²) in [4.78, 5) is 39.2. The van der Waals surface area contributed by atoms with Crippen molar-refractivity contribution in [2.24, 2.45) is 10.7 Å². The van der Waals surface area contributed by atoms with E-state index in [1.54, 1.807) is 0 Å². The number of benzene rings is 2. The summed E-state index contributed by atoms with van der Waals surface area (Å²) in [6, 6.07) is 17.7. The molecule has 204 valence electrons. The summed E-state index contributed by atoms with van der Waals surface area (Å²) in [6.45, 7) is 3.74. The Kier molecular flexibility index (Phi) is 11.2. The first-order valence-electron chi connectivity index (χ1n) is 12.8. The fourth-order valence-electron chi connectivity index (χ4n) is 4.06. The van der Waals surface area contributed by atoms with Gasteiger partial charge in [-0.1, -0.05) is 36.4 Å². The first-order chi connectivity index (χ1) is 18.4. The van der Waals surface area contributed by atoms with Gasteiger partial charge in [0.25, 0.3) is 0 Å². The molecule has 2 aliphatic heterocycles. The highest BCUT2D eigenvalue weighted by atomic mass is 16.5. The number of aliphatic imine (C=N–C) groups is 1. The van der Waals surface area contributed by atoms with Gasteiger partial charge in [0.1, 0.15) is 6.61 Å². The maximum atomic E-state index is 11.8. The number of carbonyl (C=O) groups is 3. The van der Waals surface area contributed by atoms with Crippen LogP contribution in [0, 0.1) is 0 Å². The largest absolute Gasteiger partial charge is 0.481 e. The molecule has 2 aromatic carbocycles. The summed E-state index contributed by atoms with van der Waals surface area (Å²) in [5.74, 6) is -0.299. The van der Waals surface area contributed by atoms with Gasteiger partial charge in [-0.3, -0.25) is 14.6 Å². The van der Waals surface area contributed by atoms with Gasteiger partial charge in [0.05, 0.1) is 6.42 Å². The second-order valence-electron chi connectivity index (χ2n) is 9.00. The predicted octanol–water partition coefficient (Wildman–Crippen LogP) is 2.68. The van der Waals surface area contributed by atoms with Crippen LogP contribution < -0.4 is 26.6 Å². The lowest BCUT2D eigenvalue weighted by molar-refractivity contribution is -0.138. The highest BCUT2D eigenvalue weighted by Gasteiger charge is 2.21. The maximum Gasteiger partial charge on any atom is 0.404 e. The number of nitrogens with two attached hydrogens (primary N) is 1. The molecule has 0 aliphatic carbocycles. The standard InChI is InChI=1S/C19H27N5O3.C8H9NO2/c25-17(5-6-18(26)27)22-14-7-11-24(12-8-14)16-4-1-3-15(13-16)23-19-20-9-2-10-21-19;9-8(10)11-6-7-4-2-1-3-5-7/h1,3-4,13-14H,2,5-12H2,(H,22,25)(H,26,27)(H2,20,21,23);1-5H,6H2,(H2,9,10). The number of nitrogens with zero attached hydrogens (tertiary/aromatic N) is 2. The lowest BCUT2D eigenvalue weighted by Crippen LogP contribution is -2.44. The second-order valence-corrected chi connectivity index (χ2v) is 9.00. The summed E-state index contributed by atoms with van der Waals surface area (Å²) >= 11 is 0. The highest BCUT2D eigenvalue weighted by molar-refractivity contribution is 5.94. The Morgan fingerprint density at radius 2 is 1.84 bits per heavy atom. The summed E-state index contributed by atoms with van der Waals surface area (Å²) < 4.78 is 4.57. The Hall–Kier alpha value is -4.28. The van der Waals surface area contributed by atoms with Gasteiger partial charge in [0, 0.05) is 50.0 Å². The molecular formula is C27H36N6O5. The number of piperidine rings is 1. The molecule has 0 atom stereocenters. The molecule has 0 unspecified atom stereocenters. The molecule has 6 N–H and O–H groups in total. The molecule has 1 fully saturated rings. The summed E-state index contributed by atoms with van der Waals surface area (Å²) in [5, 5.41) is 18.2. The van der Waals surface area contributed by atoms with E-state index in [-0.39, 0.29) is 31.4 Å². The molecule has 38 heavy (non-hydrogen) atoms. The number of amides is 2. The van der Waals surface area contributed by atoms with Gasteiger partial charge in [-0.2, -0.15) is 0 Å². The minimum atomic E-state index is -0.942. The number of primary amides is 1. The van der Waals surface area contributed by atoms with E-state index in [4.69, 9.17) is 10.8 Å². The van der Waals surface area contributed by atoms with Crippen molar-refractivity contribution in [3.05, 3.63) is 60.2 Å². The Labute approximate surface area is 222 Å². The highest BCUT2D eigenvalue weighted by Crippen LogP contribution is 2.23. The molecule has 11 heteroatoms. The van der Waals surface area contributed by atoms with E-state index >= 15 is 0 Å². The zero-order chi connectivity index (χ0) is 27.2. The monoisotopic (exact) mass is 524 g/mol. The average molecular weight is 525 g/mol. The normalized spacial score (nSPS) is 15.2. The Morgan fingerprint density at radius 3 is 2.50 bits per heavy atom. The number of hydrogen-bond donors (Lipinski definition) is 5. The van der Waals surface area contributed by atoms with Crippen LogP contribution in [0.1, 0.15) is 37.7 Å². The number of anilines is 2. The molecule has 0 spiro atoms. The van der Waals surface area contributed by atoms with Gasteiger partial charge < -0.3 is 36.4 Å². The summed E-state index contributed by atoms with van der Waals surface area (Å²) in [5.41, 5.74) is 7.87. The van der Waals surface area contributed by atoms with Crippen molar-refractivity contribution in [3.63, 3.8) is 0 Å². The zero-order valence-corrected chi connectivity index (χ0v) is 21.4. The van der Waals surface area contributed by atoms with Crippen LogP contribution in [-0.4, -0.2) is 61.3 Å². The molecular weight excluding hydrogens is 488 g/mol. The van der Waals surface area contributed by atoms with Gasteiger partial charge in [0.2, 0.25) is 5.91 Å². The van der Waals surface area contributed by atoms with E-state index in [1.165, 1.54) is 0 Å². The molecule has 0 aromatic heterocycles. The number of carboxylic acids is 1. The third-order valence-corrected chi connectivity index (χ3v) is 6.02.